The Bertz CT molecular complexity index is 1150. The molecule has 208 valence electrons. The summed E-state index contributed by atoms with van der Waals surface area (Å²) in [6.45, 7) is 1.96. The van der Waals surface area contributed by atoms with E-state index < -0.39 is 40.7 Å². The molecule has 0 radical (unpaired) electrons. The van der Waals surface area contributed by atoms with E-state index in [1.807, 2.05) is 67.6 Å². The van der Waals surface area contributed by atoms with E-state index in [4.69, 9.17) is 9.47 Å². The van der Waals surface area contributed by atoms with Gasteiger partial charge >= 0.3 is 6.09 Å². The Morgan fingerprint density at radius 3 is 2.34 bits per heavy atom. The van der Waals surface area contributed by atoms with Crippen molar-refractivity contribution in [2.45, 2.75) is 75.5 Å². The van der Waals surface area contributed by atoms with Crippen LogP contribution in [-0.2, 0) is 26.3 Å². The molecule has 4 rings (SSSR count). The lowest BCUT2D eigenvalue weighted by Crippen LogP contribution is -2.52. The molecule has 8 nitrogen and oxygen atoms in total. The molecule has 1 aliphatic heterocycles. The number of halogens is 1. The first-order chi connectivity index (χ1) is 18.2. The Labute approximate surface area is 225 Å². The summed E-state index contributed by atoms with van der Waals surface area (Å²) in [5.41, 5.74) is 1.98. The van der Waals surface area contributed by atoms with Crippen molar-refractivity contribution in [2.75, 3.05) is 20.7 Å². The molecule has 1 heterocycles. The number of nitrogens with one attached hydrogen (secondary N) is 1. The molecule has 1 N–H and O–H groups in total. The smallest absolute Gasteiger partial charge is 0.410 e. The zero-order valence-corrected chi connectivity index (χ0v) is 23.0. The van der Waals surface area contributed by atoms with E-state index in [-0.39, 0.29) is 25.2 Å². The first kappa shape index (κ1) is 28.5. The highest BCUT2D eigenvalue weighted by molar-refractivity contribution is 7.87. The Balaban J connectivity index is 1.44. The summed E-state index contributed by atoms with van der Waals surface area (Å²) in [6.07, 6.45) is -0.199. The quantitative estimate of drug-likeness (QED) is 0.507. The Morgan fingerprint density at radius 2 is 1.71 bits per heavy atom. The summed E-state index contributed by atoms with van der Waals surface area (Å²) in [4.78, 5) is 14.7. The molecular weight excluding hydrogens is 509 g/mol. The molecule has 6 atom stereocenters. The van der Waals surface area contributed by atoms with Crippen LogP contribution < -0.4 is 4.72 Å². The average Bonchev–Trinajstić information content (AvgIpc) is 3.21. The van der Waals surface area contributed by atoms with Gasteiger partial charge in [-0.2, -0.15) is 17.4 Å². The number of hydrogen-bond donors (Lipinski definition) is 1. The molecule has 1 saturated carbocycles. The van der Waals surface area contributed by atoms with E-state index in [1.165, 1.54) is 19.0 Å². The van der Waals surface area contributed by atoms with Gasteiger partial charge in [0.15, 0.2) is 0 Å². The highest BCUT2D eigenvalue weighted by atomic mass is 32.2. The first-order valence-corrected chi connectivity index (χ1v) is 14.6. The van der Waals surface area contributed by atoms with E-state index in [0.717, 1.165) is 21.9 Å². The molecule has 2 fully saturated rings. The third kappa shape index (κ3) is 6.91. The molecule has 0 aromatic heterocycles. The maximum Gasteiger partial charge on any atom is 0.410 e. The van der Waals surface area contributed by atoms with Crippen LogP contribution in [0.4, 0.5) is 9.18 Å². The molecular formula is C28H38FN3O5S. The zero-order chi connectivity index (χ0) is 27.3. The van der Waals surface area contributed by atoms with Gasteiger partial charge in [0.2, 0.25) is 0 Å². The van der Waals surface area contributed by atoms with Crippen LogP contribution in [0.3, 0.4) is 0 Å². The molecule has 10 heteroatoms. The van der Waals surface area contributed by atoms with Gasteiger partial charge in [0.25, 0.3) is 10.2 Å². The van der Waals surface area contributed by atoms with Crippen LogP contribution in [0.2, 0.25) is 0 Å². The molecule has 0 spiro atoms. The average molecular weight is 548 g/mol. The van der Waals surface area contributed by atoms with Gasteiger partial charge in [-0.1, -0.05) is 60.7 Å². The number of likely N-dealkylation sites (tertiary alicyclic amines) is 1. The number of amides is 1. The number of hydrogen-bond acceptors (Lipinski definition) is 5. The molecule has 2 aliphatic rings. The van der Waals surface area contributed by atoms with Crippen molar-refractivity contribution in [3.8, 4) is 0 Å². The summed E-state index contributed by atoms with van der Waals surface area (Å²) in [5.74, 6) is 0.140. The lowest BCUT2D eigenvalue weighted by atomic mass is 9.81. The standard InChI is InChI=1S/C28H38FN3O5S/c1-20-16-25(30-38(34,35)31(2)3)26(32(20)28(33)37-18-21-10-6-4-7-11-21)19-36-27-15-14-23(17-24(27)29)22-12-8-5-9-13-22/h4-13,20,23-27,30H,14-19H2,1-3H3/t20?,23?,24?,25?,26-,27?/m1/s1. The van der Waals surface area contributed by atoms with Crippen LogP contribution in [0.5, 0.6) is 0 Å². The van der Waals surface area contributed by atoms with Crippen molar-refractivity contribution < 1.29 is 27.1 Å². The highest BCUT2D eigenvalue weighted by Gasteiger charge is 2.45. The van der Waals surface area contributed by atoms with E-state index >= 15 is 4.39 Å². The van der Waals surface area contributed by atoms with Crippen molar-refractivity contribution in [2.24, 2.45) is 0 Å². The normalized spacial score (nSPS) is 28.0. The van der Waals surface area contributed by atoms with Crippen LogP contribution in [-0.4, -0.2) is 74.8 Å². The maximum absolute atomic E-state index is 15.2. The van der Waals surface area contributed by atoms with Gasteiger partial charge in [-0.25, -0.2) is 9.18 Å². The molecule has 5 unspecified atom stereocenters. The molecule has 1 saturated heterocycles. The van der Waals surface area contributed by atoms with Gasteiger partial charge in [0, 0.05) is 26.2 Å². The molecule has 1 aliphatic carbocycles. The molecule has 1 amide bonds. The number of carbonyl (C=O) groups excluding carboxylic acids is 1. The van der Waals surface area contributed by atoms with E-state index in [9.17, 15) is 13.2 Å². The highest BCUT2D eigenvalue weighted by Crippen LogP contribution is 2.36. The zero-order valence-electron chi connectivity index (χ0n) is 22.2. The molecule has 38 heavy (non-hydrogen) atoms. The van der Waals surface area contributed by atoms with Crippen LogP contribution in [0, 0.1) is 0 Å². The fraction of sp³-hybridized carbons (Fsp3) is 0.536. The SMILES string of the molecule is CC1CC(NS(=O)(=O)N(C)C)[C@@H](COC2CCC(c3ccccc3)CC2F)N1C(=O)OCc1ccccc1. The predicted octanol–water partition coefficient (Wildman–Crippen LogP) is 4.24. The minimum atomic E-state index is -3.76. The molecule has 0 bridgehead atoms. The van der Waals surface area contributed by atoms with Crippen LogP contribution >= 0.6 is 0 Å². The summed E-state index contributed by atoms with van der Waals surface area (Å²) in [5, 5.41) is 0. The van der Waals surface area contributed by atoms with Crippen molar-refractivity contribution in [3.05, 3.63) is 71.8 Å². The lowest BCUT2D eigenvalue weighted by Gasteiger charge is -2.35. The maximum atomic E-state index is 15.2. The second-order valence-electron chi connectivity index (χ2n) is 10.4. The van der Waals surface area contributed by atoms with Crippen molar-refractivity contribution in [3.63, 3.8) is 0 Å². The molecule has 2 aromatic carbocycles. The minimum Gasteiger partial charge on any atom is -0.445 e. The van der Waals surface area contributed by atoms with Crippen molar-refractivity contribution in [1.29, 1.82) is 0 Å². The second-order valence-corrected chi connectivity index (χ2v) is 12.3. The van der Waals surface area contributed by atoms with Gasteiger partial charge in [-0.3, -0.25) is 4.90 Å². The third-order valence-corrected chi connectivity index (χ3v) is 9.12. The number of nitrogens with zero attached hydrogens (tertiary/aromatic N) is 2. The predicted molar refractivity (Wildman–Crippen MR) is 144 cm³/mol. The van der Waals surface area contributed by atoms with Gasteiger partial charge in [-0.15, -0.1) is 0 Å². The van der Waals surface area contributed by atoms with E-state index in [1.54, 1.807) is 0 Å². The Hall–Kier alpha value is -2.53. The number of carbonyl (C=O) groups is 1. The monoisotopic (exact) mass is 547 g/mol. The van der Waals surface area contributed by atoms with Gasteiger partial charge in [0.05, 0.1) is 18.8 Å². The van der Waals surface area contributed by atoms with Crippen molar-refractivity contribution >= 4 is 16.3 Å². The molecule has 2 aromatic rings. The largest absolute Gasteiger partial charge is 0.445 e. The topological polar surface area (TPSA) is 88.2 Å². The summed E-state index contributed by atoms with van der Waals surface area (Å²) < 4.78 is 56.0. The Morgan fingerprint density at radius 1 is 1.05 bits per heavy atom. The van der Waals surface area contributed by atoms with Crippen LogP contribution in [0.15, 0.2) is 60.7 Å². The second kappa shape index (κ2) is 12.5. The third-order valence-electron chi connectivity index (χ3n) is 7.55. The summed E-state index contributed by atoms with van der Waals surface area (Å²) in [6, 6.07) is 17.7. The van der Waals surface area contributed by atoms with Crippen molar-refractivity contribution in [1.82, 2.24) is 13.9 Å². The van der Waals surface area contributed by atoms with Gasteiger partial charge in [-0.05, 0) is 49.7 Å². The summed E-state index contributed by atoms with van der Waals surface area (Å²) >= 11 is 0. The Kier molecular flexibility index (Phi) is 9.40. The van der Waals surface area contributed by atoms with E-state index in [0.29, 0.717) is 19.3 Å². The van der Waals surface area contributed by atoms with Crippen LogP contribution in [0.25, 0.3) is 0 Å². The number of ether oxygens (including phenoxy) is 2. The van der Waals surface area contributed by atoms with Gasteiger partial charge in [0.1, 0.15) is 12.8 Å². The number of rotatable bonds is 9. The van der Waals surface area contributed by atoms with Gasteiger partial charge < -0.3 is 9.47 Å². The first-order valence-electron chi connectivity index (χ1n) is 13.1. The minimum absolute atomic E-state index is 0.00643. The number of alkyl halides is 1. The summed E-state index contributed by atoms with van der Waals surface area (Å²) in [7, 11) is -0.876. The fourth-order valence-corrected chi connectivity index (χ4v) is 6.26. The van der Waals surface area contributed by atoms with Crippen LogP contribution in [0.1, 0.15) is 49.7 Å². The number of benzene rings is 2. The fourth-order valence-electron chi connectivity index (χ4n) is 5.41. The lowest BCUT2D eigenvalue weighted by molar-refractivity contribution is -0.0492. The van der Waals surface area contributed by atoms with E-state index in [2.05, 4.69) is 4.72 Å².